The van der Waals surface area contributed by atoms with E-state index in [-0.39, 0.29) is 0 Å². The summed E-state index contributed by atoms with van der Waals surface area (Å²) < 4.78 is 5.11. The maximum Gasteiger partial charge on any atom is 0.0733 e. The van der Waals surface area contributed by atoms with E-state index in [4.69, 9.17) is 4.74 Å². The Morgan fingerprint density at radius 3 is 3.25 bits per heavy atom. The number of methoxy groups -OCH3 is 1. The van der Waals surface area contributed by atoms with Gasteiger partial charge in [-0.3, -0.25) is 0 Å². The van der Waals surface area contributed by atoms with Gasteiger partial charge >= 0.3 is 0 Å². The van der Waals surface area contributed by atoms with E-state index in [2.05, 4.69) is 23.5 Å². The van der Waals surface area contributed by atoms with E-state index in [1.807, 2.05) is 0 Å². The van der Waals surface area contributed by atoms with Crippen LogP contribution in [0.1, 0.15) is 11.1 Å². The molecule has 2 nitrogen and oxygen atoms in total. The molecule has 1 aromatic rings. The van der Waals surface area contributed by atoms with Crippen molar-refractivity contribution in [1.82, 2.24) is 0 Å². The van der Waals surface area contributed by atoms with Crippen LogP contribution in [0.2, 0.25) is 0 Å². The summed E-state index contributed by atoms with van der Waals surface area (Å²) in [7, 11) is 1.73. The summed E-state index contributed by atoms with van der Waals surface area (Å²) >= 11 is 0. The second kappa shape index (κ2) is 3.15. The Kier molecular flexibility index (Phi) is 2.00. The second-order valence-electron chi connectivity index (χ2n) is 3.06. The number of fused-ring (bicyclic) bond motifs is 1. The van der Waals surface area contributed by atoms with E-state index in [0.717, 1.165) is 13.0 Å². The molecule has 0 unspecified atom stereocenters. The lowest BCUT2D eigenvalue weighted by Crippen LogP contribution is -1.96. The molecule has 1 N–H and O–H groups in total. The first-order valence-electron chi connectivity index (χ1n) is 4.25. The number of rotatable bonds is 2. The van der Waals surface area contributed by atoms with Crippen LogP contribution in [-0.4, -0.2) is 13.7 Å². The quantitative estimate of drug-likeness (QED) is 0.717. The van der Waals surface area contributed by atoms with E-state index in [1.54, 1.807) is 7.11 Å². The van der Waals surface area contributed by atoms with Gasteiger partial charge in [-0.15, -0.1) is 0 Å². The van der Waals surface area contributed by atoms with Crippen LogP contribution in [0.4, 0.5) is 5.69 Å². The summed E-state index contributed by atoms with van der Waals surface area (Å²) in [5.74, 6) is 0. The number of nitrogens with one attached hydrogen (secondary N) is 1. The van der Waals surface area contributed by atoms with Gasteiger partial charge < -0.3 is 10.1 Å². The molecule has 64 valence electrons. The molecule has 2 rings (SSSR count). The zero-order valence-corrected chi connectivity index (χ0v) is 7.26. The lowest BCUT2D eigenvalue weighted by atomic mass is 10.1. The summed E-state index contributed by atoms with van der Waals surface area (Å²) in [5, 5.41) is 3.37. The Hall–Kier alpha value is -1.02. The predicted octanol–water partition coefficient (Wildman–Crippen LogP) is 1.80. The third-order valence-corrected chi connectivity index (χ3v) is 2.23. The summed E-state index contributed by atoms with van der Waals surface area (Å²) in [6, 6.07) is 6.38. The third kappa shape index (κ3) is 1.18. The fraction of sp³-hybridized carbons (Fsp3) is 0.400. The van der Waals surface area contributed by atoms with Gasteiger partial charge in [-0.25, -0.2) is 0 Å². The molecule has 0 radical (unpaired) electrons. The van der Waals surface area contributed by atoms with Gasteiger partial charge in [0.25, 0.3) is 0 Å². The lowest BCUT2D eigenvalue weighted by Gasteiger charge is -2.06. The molecule has 0 spiro atoms. The van der Waals surface area contributed by atoms with E-state index >= 15 is 0 Å². The van der Waals surface area contributed by atoms with E-state index in [0.29, 0.717) is 6.61 Å². The SMILES string of the molecule is COCc1cccc2c1NCC2. The number of benzene rings is 1. The van der Waals surface area contributed by atoms with Crippen molar-refractivity contribution in [3.63, 3.8) is 0 Å². The molecule has 0 bridgehead atoms. The van der Waals surface area contributed by atoms with Crippen molar-refractivity contribution in [1.29, 1.82) is 0 Å². The lowest BCUT2D eigenvalue weighted by molar-refractivity contribution is 0.185. The van der Waals surface area contributed by atoms with Gasteiger partial charge in [-0.05, 0) is 12.0 Å². The van der Waals surface area contributed by atoms with Gasteiger partial charge in [-0.2, -0.15) is 0 Å². The molecule has 2 heteroatoms. The summed E-state index contributed by atoms with van der Waals surface area (Å²) in [5.41, 5.74) is 3.98. The number of anilines is 1. The Balaban J connectivity index is 2.36. The van der Waals surface area contributed by atoms with Crippen LogP contribution in [0.25, 0.3) is 0 Å². The fourth-order valence-corrected chi connectivity index (χ4v) is 1.69. The van der Waals surface area contributed by atoms with Crippen LogP contribution in [0.5, 0.6) is 0 Å². The van der Waals surface area contributed by atoms with Crippen LogP contribution in [0, 0.1) is 0 Å². The second-order valence-corrected chi connectivity index (χ2v) is 3.06. The molecular weight excluding hydrogens is 150 g/mol. The number of hydrogen-bond acceptors (Lipinski definition) is 2. The Bertz CT molecular complexity index is 283. The first-order valence-corrected chi connectivity index (χ1v) is 4.25. The normalized spacial score (nSPS) is 14.1. The largest absolute Gasteiger partial charge is 0.384 e. The minimum atomic E-state index is 0.705. The molecule has 0 fully saturated rings. The average Bonchev–Trinajstić information content (AvgIpc) is 2.53. The van der Waals surface area contributed by atoms with Crippen LogP contribution in [0.15, 0.2) is 18.2 Å². The van der Waals surface area contributed by atoms with Gasteiger partial charge in [0, 0.05) is 24.9 Å². The molecular formula is C10H13NO. The molecule has 0 saturated carbocycles. The van der Waals surface area contributed by atoms with Crippen molar-refractivity contribution >= 4 is 5.69 Å². The zero-order chi connectivity index (χ0) is 8.39. The Morgan fingerprint density at radius 2 is 2.42 bits per heavy atom. The van der Waals surface area contributed by atoms with Crippen LogP contribution in [-0.2, 0) is 17.8 Å². The fourth-order valence-electron chi connectivity index (χ4n) is 1.69. The number of para-hydroxylation sites is 1. The highest BCUT2D eigenvalue weighted by molar-refractivity contribution is 5.60. The monoisotopic (exact) mass is 163 g/mol. The van der Waals surface area contributed by atoms with Gasteiger partial charge in [-0.1, -0.05) is 18.2 Å². The third-order valence-electron chi connectivity index (χ3n) is 2.23. The molecule has 1 aliphatic rings. The molecule has 1 aliphatic heterocycles. The van der Waals surface area contributed by atoms with E-state index in [9.17, 15) is 0 Å². The summed E-state index contributed by atoms with van der Waals surface area (Å²) in [4.78, 5) is 0. The molecule has 1 heterocycles. The highest BCUT2D eigenvalue weighted by atomic mass is 16.5. The maximum atomic E-state index is 5.11. The Labute approximate surface area is 72.5 Å². The summed E-state index contributed by atoms with van der Waals surface area (Å²) in [6.45, 7) is 1.77. The molecule has 0 aromatic heterocycles. The predicted molar refractivity (Wildman–Crippen MR) is 49.3 cm³/mol. The average molecular weight is 163 g/mol. The van der Waals surface area contributed by atoms with Crippen LogP contribution in [0.3, 0.4) is 0 Å². The first-order chi connectivity index (χ1) is 5.92. The number of ether oxygens (including phenoxy) is 1. The van der Waals surface area contributed by atoms with Gasteiger partial charge in [0.05, 0.1) is 6.61 Å². The molecule has 12 heavy (non-hydrogen) atoms. The van der Waals surface area contributed by atoms with E-state index in [1.165, 1.54) is 16.8 Å². The molecule has 0 saturated heterocycles. The first kappa shape index (κ1) is 7.62. The van der Waals surface area contributed by atoms with E-state index < -0.39 is 0 Å². The van der Waals surface area contributed by atoms with Crippen LogP contribution < -0.4 is 5.32 Å². The van der Waals surface area contributed by atoms with Crippen molar-refractivity contribution in [2.24, 2.45) is 0 Å². The Morgan fingerprint density at radius 1 is 1.50 bits per heavy atom. The highest BCUT2D eigenvalue weighted by Crippen LogP contribution is 2.26. The van der Waals surface area contributed by atoms with Gasteiger partial charge in [0.15, 0.2) is 0 Å². The molecule has 0 aliphatic carbocycles. The topological polar surface area (TPSA) is 21.3 Å². The zero-order valence-electron chi connectivity index (χ0n) is 7.26. The standard InChI is InChI=1S/C10H13NO/c1-12-7-9-4-2-3-8-5-6-11-10(8)9/h2-4,11H,5-7H2,1H3. The van der Waals surface area contributed by atoms with Crippen molar-refractivity contribution in [2.75, 3.05) is 19.0 Å². The molecule has 0 atom stereocenters. The van der Waals surface area contributed by atoms with Crippen LogP contribution >= 0.6 is 0 Å². The smallest absolute Gasteiger partial charge is 0.0733 e. The number of hydrogen-bond donors (Lipinski definition) is 1. The summed E-state index contributed by atoms with van der Waals surface area (Å²) in [6.07, 6.45) is 1.15. The van der Waals surface area contributed by atoms with Crippen molar-refractivity contribution in [3.8, 4) is 0 Å². The van der Waals surface area contributed by atoms with Gasteiger partial charge in [0.2, 0.25) is 0 Å². The minimum absolute atomic E-state index is 0.705. The molecule has 0 amide bonds. The van der Waals surface area contributed by atoms with Gasteiger partial charge in [0.1, 0.15) is 0 Å². The maximum absolute atomic E-state index is 5.11. The van der Waals surface area contributed by atoms with Crippen molar-refractivity contribution < 1.29 is 4.74 Å². The van der Waals surface area contributed by atoms with Crippen molar-refractivity contribution in [3.05, 3.63) is 29.3 Å². The molecule has 1 aromatic carbocycles. The van der Waals surface area contributed by atoms with Crippen molar-refractivity contribution in [2.45, 2.75) is 13.0 Å². The minimum Gasteiger partial charge on any atom is -0.384 e. The highest BCUT2D eigenvalue weighted by Gasteiger charge is 2.12.